The second-order valence-corrected chi connectivity index (χ2v) is 10.6. The standard InChI is InChI=1S/C30H35ClN6O5/c1-6-7-20(38)15-41-21-8-9-24(31)22(12-21)28-34-27(26-18(3)36-42-19(26)4)17(2)29(35-28)37-13-23-25(14-37)32-16-33-30(23)40-11-10-39-5/h8-9,12,16,20,38H,6-7,10-11,13-15H2,1-5H3/t20-/m1/s1. The molecule has 0 unspecified atom stereocenters. The molecule has 1 N–H and O–H groups in total. The number of aliphatic hydroxyl groups is 1. The minimum absolute atomic E-state index is 0.182. The van der Waals surface area contributed by atoms with E-state index in [0.717, 1.165) is 40.3 Å². The average Bonchev–Trinajstić information content (AvgIpc) is 3.56. The molecule has 5 rings (SSSR count). The molecule has 0 aliphatic carbocycles. The van der Waals surface area contributed by atoms with Gasteiger partial charge in [-0.2, -0.15) is 0 Å². The van der Waals surface area contributed by atoms with Crippen LogP contribution in [0.15, 0.2) is 29.0 Å². The summed E-state index contributed by atoms with van der Waals surface area (Å²) < 4.78 is 22.4. The Morgan fingerprint density at radius 1 is 1.10 bits per heavy atom. The molecule has 3 aromatic heterocycles. The van der Waals surface area contributed by atoms with Gasteiger partial charge in [-0.25, -0.2) is 19.9 Å². The molecule has 11 nitrogen and oxygen atoms in total. The average molecular weight is 595 g/mol. The van der Waals surface area contributed by atoms with Gasteiger partial charge >= 0.3 is 0 Å². The van der Waals surface area contributed by atoms with Gasteiger partial charge in [-0.15, -0.1) is 0 Å². The fourth-order valence-electron chi connectivity index (χ4n) is 5.02. The lowest BCUT2D eigenvalue weighted by Gasteiger charge is -2.22. The number of methoxy groups -OCH3 is 1. The van der Waals surface area contributed by atoms with E-state index >= 15 is 0 Å². The topological polar surface area (TPSA) is 129 Å². The minimum atomic E-state index is -0.550. The van der Waals surface area contributed by atoms with E-state index in [1.54, 1.807) is 25.3 Å². The lowest BCUT2D eigenvalue weighted by atomic mass is 10.0. The van der Waals surface area contributed by atoms with Crippen molar-refractivity contribution in [2.45, 2.75) is 59.7 Å². The predicted octanol–water partition coefficient (Wildman–Crippen LogP) is 5.25. The van der Waals surface area contributed by atoms with Crippen LogP contribution >= 0.6 is 11.6 Å². The summed E-state index contributed by atoms with van der Waals surface area (Å²) >= 11 is 6.71. The van der Waals surface area contributed by atoms with Crippen molar-refractivity contribution in [3.63, 3.8) is 0 Å². The number of ether oxygens (including phenoxy) is 3. The van der Waals surface area contributed by atoms with Gasteiger partial charge in [0.2, 0.25) is 5.88 Å². The molecule has 0 bridgehead atoms. The Hall–Kier alpha value is -3.80. The molecule has 4 heterocycles. The molecule has 0 fully saturated rings. The van der Waals surface area contributed by atoms with E-state index in [1.807, 2.05) is 27.7 Å². The summed E-state index contributed by atoms with van der Waals surface area (Å²) in [6.07, 6.45) is 2.49. The number of nitrogens with zero attached hydrogens (tertiary/aromatic N) is 6. The van der Waals surface area contributed by atoms with Crippen LogP contribution in [0.2, 0.25) is 5.02 Å². The lowest BCUT2D eigenvalue weighted by molar-refractivity contribution is 0.0994. The molecule has 0 amide bonds. The van der Waals surface area contributed by atoms with Gasteiger partial charge in [0.05, 0.1) is 59.0 Å². The van der Waals surface area contributed by atoms with Crippen molar-refractivity contribution >= 4 is 17.4 Å². The van der Waals surface area contributed by atoms with Crippen molar-refractivity contribution < 1.29 is 23.8 Å². The highest BCUT2D eigenvalue weighted by molar-refractivity contribution is 6.33. The molecule has 0 spiro atoms. The molecule has 0 saturated carbocycles. The molecule has 1 aromatic carbocycles. The Morgan fingerprint density at radius 3 is 2.67 bits per heavy atom. The smallest absolute Gasteiger partial charge is 0.221 e. The zero-order valence-corrected chi connectivity index (χ0v) is 25.2. The maximum atomic E-state index is 10.2. The zero-order valence-electron chi connectivity index (χ0n) is 24.5. The summed E-state index contributed by atoms with van der Waals surface area (Å²) in [6.45, 7) is 9.81. The summed E-state index contributed by atoms with van der Waals surface area (Å²) in [6, 6.07) is 5.33. The minimum Gasteiger partial charge on any atom is -0.491 e. The summed E-state index contributed by atoms with van der Waals surface area (Å²) in [5, 5.41) is 14.8. The third kappa shape index (κ3) is 6.18. The summed E-state index contributed by atoms with van der Waals surface area (Å²) in [4.78, 5) is 21.0. The van der Waals surface area contributed by atoms with Gasteiger partial charge in [-0.05, 0) is 45.4 Å². The third-order valence-corrected chi connectivity index (χ3v) is 7.47. The first kappa shape index (κ1) is 29.7. The number of benzene rings is 1. The molecule has 42 heavy (non-hydrogen) atoms. The van der Waals surface area contributed by atoms with Crippen LogP contribution in [0, 0.1) is 20.8 Å². The number of aliphatic hydroxyl groups excluding tert-OH is 1. The van der Waals surface area contributed by atoms with Crippen LogP contribution in [-0.4, -0.2) is 63.2 Å². The summed E-state index contributed by atoms with van der Waals surface area (Å²) in [7, 11) is 1.63. The second kappa shape index (κ2) is 13.0. The molecule has 222 valence electrons. The number of halogens is 1. The van der Waals surface area contributed by atoms with Crippen molar-refractivity contribution in [2.24, 2.45) is 0 Å². The molecule has 1 aliphatic heterocycles. The number of hydrogen-bond acceptors (Lipinski definition) is 11. The van der Waals surface area contributed by atoms with Crippen LogP contribution in [0.25, 0.3) is 22.6 Å². The van der Waals surface area contributed by atoms with E-state index in [-0.39, 0.29) is 6.61 Å². The van der Waals surface area contributed by atoms with Crippen molar-refractivity contribution in [1.82, 2.24) is 25.1 Å². The highest BCUT2D eigenvalue weighted by Crippen LogP contribution is 2.39. The van der Waals surface area contributed by atoms with E-state index in [1.165, 1.54) is 6.33 Å². The first-order chi connectivity index (χ1) is 20.3. The Morgan fingerprint density at radius 2 is 1.93 bits per heavy atom. The van der Waals surface area contributed by atoms with Crippen LogP contribution in [0.3, 0.4) is 0 Å². The van der Waals surface area contributed by atoms with Gasteiger partial charge in [0.1, 0.15) is 36.9 Å². The van der Waals surface area contributed by atoms with Crippen LogP contribution < -0.4 is 14.4 Å². The van der Waals surface area contributed by atoms with E-state index in [0.29, 0.717) is 72.2 Å². The fourth-order valence-corrected chi connectivity index (χ4v) is 5.22. The number of anilines is 1. The van der Waals surface area contributed by atoms with Gasteiger partial charge in [0.15, 0.2) is 5.82 Å². The van der Waals surface area contributed by atoms with E-state index in [4.69, 9.17) is 40.3 Å². The van der Waals surface area contributed by atoms with Crippen LogP contribution in [0.5, 0.6) is 11.6 Å². The zero-order chi connectivity index (χ0) is 29.8. The first-order valence-corrected chi connectivity index (χ1v) is 14.3. The molecular formula is C30H35ClN6O5. The van der Waals surface area contributed by atoms with Crippen molar-refractivity contribution in [3.8, 4) is 34.3 Å². The van der Waals surface area contributed by atoms with Gasteiger partial charge in [0, 0.05) is 18.2 Å². The Labute approximate surface area is 249 Å². The Bertz CT molecular complexity index is 1540. The number of rotatable bonds is 12. The number of fused-ring (bicyclic) bond motifs is 1. The lowest BCUT2D eigenvalue weighted by Crippen LogP contribution is -2.19. The Kier molecular flexibility index (Phi) is 9.20. The van der Waals surface area contributed by atoms with E-state index < -0.39 is 6.10 Å². The maximum Gasteiger partial charge on any atom is 0.221 e. The maximum absolute atomic E-state index is 10.2. The monoisotopic (exact) mass is 594 g/mol. The van der Waals surface area contributed by atoms with Gasteiger partial charge in [-0.3, -0.25) is 0 Å². The Balaban J connectivity index is 1.56. The highest BCUT2D eigenvalue weighted by atomic mass is 35.5. The van der Waals surface area contributed by atoms with E-state index in [9.17, 15) is 5.11 Å². The van der Waals surface area contributed by atoms with Crippen LogP contribution in [-0.2, 0) is 17.8 Å². The van der Waals surface area contributed by atoms with Crippen LogP contribution in [0.1, 0.15) is 48.0 Å². The summed E-state index contributed by atoms with van der Waals surface area (Å²) in [5.74, 6) is 2.90. The van der Waals surface area contributed by atoms with Crippen molar-refractivity contribution in [3.05, 3.63) is 57.8 Å². The molecule has 0 saturated heterocycles. The molecular weight excluding hydrogens is 560 g/mol. The van der Waals surface area contributed by atoms with Crippen molar-refractivity contribution in [2.75, 3.05) is 31.8 Å². The molecule has 0 radical (unpaired) electrons. The summed E-state index contributed by atoms with van der Waals surface area (Å²) in [5.41, 5.74) is 5.48. The van der Waals surface area contributed by atoms with Gasteiger partial charge < -0.3 is 28.7 Å². The van der Waals surface area contributed by atoms with Crippen molar-refractivity contribution in [1.29, 1.82) is 0 Å². The first-order valence-electron chi connectivity index (χ1n) is 13.9. The highest BCUT2D eigenvalue weighted by Gasteiger charge is 2.30. The largest absolute Gasteiger partial charge is 0.491 e. The predicted molar refractivity (Wildman–Crippen MR) is 158 cm³/mol. The SMILES string of the molecule is CCC[C@@H](O)COc1ccc(Cl)c(-c2nc(-c3c(C)noc3C)c(C)c(N3Cc4ncnc(OCCOC)c4C3)n2)c1. The molecule has 12 heteroatoms. The van der Waals surface area contributed by atoms with Crippen LogP contribution in [0.4, 0.5) is 5.82 Å². The quantitative estimate of drug-likeness (QED) is 0.216. The number of hydrogen-bond donors (Lipinski definition) is 1. The van der Waals surface area contributed by atoms with Gasteiger partial charge in [0.25, 0.3) is 0 Å². The molecule has 1 aliphatic rings. The molecule has 1 atom stereocenters. The normalized spacial score (nSPS) is 13.4. The molecule has 4 aromatic rings. The third-order valence-electron chi connectivity index (χ3n) is 7.14. The fraction of sp³-hybridized carbons (Fsp3) is 0.433. The second-order valence-electron chi connectivity index (χ2n) is 10.2. The number of aromatic nitrogens is 5. The van der Waals surface area contributed by atoms with Gasteiger partial charge in [-0.1, -0.05) is 30.1 Å². The number of aryl methyl sites for hydroxylation is 2. The van der Waals surface area contributed by atoms with E-state index in [2.05, 4.69) is 20.0 Å².